The SMILES string of the molecule is NCC(=O)N1CCC(c2ccc3c(c2)Nc2nc(=O)n(C4CCCN(CCCN=C(N)N)CC4)cc2O3)CC1. The van der Waals surface area contributed by atoms with Gasteiger partial charge in [-0.1, -0.05) is 6.07 Å². The molecule has 2 fully saturated rings. The zero-order chi connectivity index (χ0) is 27.4. The van der Waals surface area contributed by atoms with Gasteiger partial charge in [0.2, 0.25) is 5.91 Å². The van der Waals surface area contributed by atoms with Crippen molar-refractivity contribution in [2.75, 3.05) is 51.1 Å². The monoisotopic (exact) mass is 537 g/mol. The van der Waals surface area contributed by atoms with Gasteiger partial charge in [0.25, 0.3) is 0 Å². The molecule has 2 aromatic rings. The molecule has 0 spiro atoms. The molecule has 1 atom stereocenters. The van der Waals surface area contributed by atoms with Crippen LogP contribution in [-0.2, 0) is 4.79 Å². The second-order valence-electron chi connectivity index (χ2n) is 10.6. The van der Waals surface area contributed by atoms with Crippen molar-refractivity contribution < 1.29 is 9.53 Å². The highest BCUT2D eigenvalue weighted by molar-refractivity contribution is 5.78. The number of aliphatic imine (C=N–C) groups is 1. The average molecular weight is 538 g/mol. The molecule has 2 saturated heterocycles. The molecule has 12 heteroatoms. The number of aromatic nitrogens is 2. The third-order valence-corrected chi connectivity index (χ3v) is 8.00. The summed E-state index contributed by atoms with van der Waals surface area (Å²) in [5, 5.41) is 3.32. The number of hydrogen-bond acceptors (Lipinski definition) is 8. The molecule has 39 heavy (non-hydrogen) atoms. The van der Waals surface area contributed by atoms with Gasteiger partial charge in [-0.15, -0.1) is 0 Å². The Balaban J connectivity index is 1.23. The van der Waals surface area contributed by atoms with E-state index < -0.39 is 0 Å². The van der Waals surface area contributed by atoms with Crippen molar-refractivity contribution in [1.29, 1.82) is 0 Å². The second kappa shape index (κ2) is 12.0. The standard InChI is InChI=1S/C27H39N9O3/c28-16-24(37)35-13-6-18(7-14-35)19-4-5-22-21(15-19)32-25-23(39-22)17-36(27(38)33-25)20-3-1-10-34(12-8-20)11-2-9-31-26(29)30/h4-5,15,17-18,20H,1-3,6-14,16,28H2,(H4,29,30,31)(H,32,33,38). The van der Waals surface area contributed by atoms with E-state index >= 15 is 0 Å². The van der Waals surface area contributed by atoms with Crippen LogP contribution in [0.5, 0.6) is 11.5 Å². The maximum absolute atomic E-state index is 13.1. The number of carbonyl (C=O) groups is 1. The van der Waals surface area contributed by atoms with E-state index in [1.165, 1.54) is 5.56 Å². The molecule has 0 saturated carbocycles. The first-order valence-corrected chi connectivity index (χ1v) is 13.9. The first-order chi connectivity index (χ1) is 18.9. The van der Waals surface area contributed by atoms with Gasteiger partial charge in [0.1, 0.15) is 0 Å². The summed E-state index contributed by atoms with van der Waals surface area (Å²) in [6.07, 6.45) is 7.26. The van der Waals surface area contributed by atoms with Gasteiger partial charge in [-0.3, -0.25) is 14.4 Å². The third kappa shape index (κ3) is 6.34. The summed E-state index contributed by atoms with van der Waals surface area (Å²) in [6, 6.07) is 6.21. The maximum Gasteiger partial charge on any atom is 0.350 e. The number of nitrogens with two attached hydrogens (primary N) is 3. The van der Waals surface area contributed by atoms with Crippen molar-refractivity contribution in [1.82, 2.24) is 19.4 Å². The minimum absolute atomic E-state index is 0.00277. The summed E-state index contributed by atoms with van der Waals surface area (Å²) in [5.41, 5.74) is 18.0. The van der Waals surface area contributed by atoms with Crippen LogP contribution in [0.15, 0.2) is 34.2 Å². The third-order valence-electron chi connectivity index (χ3n) is 8.00. The van der Waals surface area contributed by atoms with Crippen LogP contribution in [0.3, 0.4) is 0 Å². The summed E-state index contributed by atoms with van der Waals surface area (Å²) in [5.74, 6) is 2.19. The molecule has 210 valence electrons. The number of guanidine groups is 1. The van der Waals surface area contributed by atoms with Crippen LogP contribution in [0.25, 0.3) is 0 Å². The Kier molecular flexibility index (Phi) is 8.32. The van der Waals surface area contributed by atoms with Crippen molar-refractivity contribution in [2.45, 2.75) is 50.5 Å². The molecule has 1 unspecified atom stereocenters. The van der Waals surface area contributed by atoms with Crippen LogP contribution >= 0.6 is 0 Å². The van der Waals surface area contributed by atoms with E-state index in [-0.39, 0.29) is 30.1 Å². The fourth-order valence-corrected chi connectivity index (χ4v) is 5.85. The van der Waals surface area contributed by atoms with Crippen LogP contribution in [-0.4, -0.2) is 77.0 Å². The van der Waals surface area contributed by atoms with Crippen LogP contribution in [0.2, 0.25) is 0 Å². The van der Waals surface area contributed by atoms with E-state index in [1.807, 2.05) is 11.0 Å². The van der Waals surface area contributed by atoms with Crippen molar-refractivity contribution >= 4 is 23.4 Å². The molecule has 3 aliphatic rings. The van der Waals surface area contributed by atoms with Crippen LogP contribution < -0.4 is 32.9 Å². The first-order valence-electron chi connectivity index (χ1n) is 13.9. The fourth-order valence-electron chi connectivity index (χ4n) is 5.85. The quantitative estimate of drug-likeness (QED) is 0.198. The van der Waals surface area contributed by atoms with Gasteiger partial charge in [0, 0.05) is 32.2 Å². The highest BCUT2D eigenvalue weighted by Gasteiger charge is 2.27. The molecule has 0 radical (unpaired) electrons. The van der Waals surface area contributed by atoms with Crippen molar-refractivity contribution in [3.8, 4) is 11.5 Å². The van der Waals surface area contributed by atoms with Crippen LogP contribution in [0.1, 0.15) is 56.0 Å². The number of ether oxygens (including phenoxy) is 1. The highest BCUT2D eigenvalue weighted by Crippen LogP contribution is 2.42. The predicted molar refractivity (Wildman–Crippen MR) is 151 cm³/mol. The van der Waals surface area contributed by atoms with E-state index in [1.54, 1.807) is 10.8 Å². The van der Waals surface area contributed by atoms with Gasteiger partial charge in [0.15, 0.2) is 23.3 Å². The normalized spacial score (nSPS) is 19.7. The van der Waals surface area contributed by atoms with E-state index in [0.29, 0.717) is 42.9 Å². The number of nitrogens with one attached hydrogen (secondary N) is 1. The summed E-state index contributed by atoms with van der Waals surface area (Å²) in [6.45, 7) is 4.92. The smallest absolute Gasteiger partial charge is 0.350 e. The number of nitrogens with zero attached hydrogens (tertiary/aromatic N) is 5. The number of piperidine rings is 1. The number of hydrogen-bond donors (Lipinski definition) is 4. The minimum Gasteiger partial charge on any atom is -0.450 e. The Morgan fingerprint density at radius 3 is 2.69 bits per heavy atom. The molecule has 0 bridgehead atoms. The van der Waals surface area contributed by atoms with Gasteiger partial charge >= 0.3 is 5.69 Å². The number of amides is 1. The van der Waals surface area contributed by atoms with Gasteiger partial charge in [-0.25, -0.2) is 4.79 Å². The van der Waals surface area contributed by atoms with Gasteiger partial charge in [-0.05, 0) is 75.2 Å². The number of likely N-dealkylation sites (tertiary alicyclic amines) is 2. The molecule has 3 aliphatic heterocycles. The van der Waals surface area contributed by atoms with Crippen LogP contribution in [0, 0.1) is 0 Å². The summed E-state index contributed by atoms with van der Waals surface area (Å²) in [7, 11) is 0. The number of anilines is 2. The lowest BCUT2D eigenvalue weighted by molar-refractivity contribution is -0.130. The Bertz CT molecular complexity index is 1270. The van der Waals surface area contributed by atoms with Crippen molar-refractivity contribution in [3.63, 3.8) is 0 Å². The fraction of sp³-hybridized carbons (Fsp3) is 0.556. The number of carbonyl (C=O) groups excluding carboxylic acids is 1. The summed E-state index contributed by atoms with van der Waals surface area (Å²) >= 11 is 0. The topological polar surface area (TPSA) is 170 Å². The second-order valence-corrected chi connectivity index (χ2v) is 10.6. The zero-order valence-corrected chi connectivity index (χ0v) is 22.3. The lowest BCUT2D eigenvalue weighted by Gasteiger charge is -2.32. The molecular weight excluding hydrogens is 498 g/mol. The highest BCUT2D eigenvalue weighted by atomic mass is 16.5. The molecule has 0 aliphatic carbocycles. The van der Waals surface area contributed by atoms with E-state index in [0.717, 1.165) is 63.8 Å². The van der Waals surface area contributed by atoms with Gasteiger partial charge in [0.05, 0.1) is 18.4 Å². The molecule has 4 heterocycles. The molecule has 1 aromatic carbocycles. The number of fused-ring (bicyclic) bond motifs is 2. The Hall–Kier alpha value is -3.64. The summed E-state index contributed by atoms with van der Waals surface area (Å²) in [4.78, 5) is 37.6. The van der Waals surface area contributed by atoms with E-state index in [9.17, 15) is 9.59 Å². The van der Waals surface area contributed by atoms with E-state index in [4.69, 9.17) is 21.9 Å². The predicted octanol–water partition coefficient (Wildman–Crippen LogP) is 1.45. The number of rotatable bonds is 7. The first kappa shape index (κ1) is 26.9. The molecule has 7 N–H and O–H groups in total. The molecular formula is C27H39N9O3. The average Bonchev–Trinajstić information content (AvgIpc) is 3.19. The Morgan fingerprint density at radius 2 is 1.92 bits per heavy atom. The molecule has 12 nitrogen and oxygen atoms in total. The van der Waals surface area contributed by atoms with Crippen molar-refractivity contribution in [3.05, 3.63) is 40.4 Å². The Morgan fingerprint density at radius 1 is 1.10 bits per heavy atom. The van der Waals surface area contributed by atoms with Gasteiger partial charge < -0.3 is 37.1 Å². The van der Waals surface area contributed by atoms with Gasteiger partial charge in [-0.2, -0.15) is 4.98 Å². The lowest BCUT2D eigenvalue weighted by atomic mass is 9.89. The summed E-state index contributed by atoms with van der Waals surface area (Å²) < 4.78 is 7.95. The maximum atomic E-state index is 13.1. The zero-order valence-electron chi connectivity index (χ0n) is 22.3. The largest absolute Gasteiger partial charge is 0.450 e. The lowest BCUT2D eigenvalue weighted by Crippen LogP contribution is -2.41. The van der Waals surface area contributed by atoms with E-state index in [2.05, 4.69) is 32.3 Å². The van der Waals surface area contributed by atoms with Crippen LogP contribution in [0.4, 0.5) is 11.5 Å². The van der Waals surface area contributed by atoms with Crippen molar-refractivity contribution in [2.24, 2.45) is 22.2 Å². The number of benzene rings is 1. The Labute approximate surface area is 228 Å². The minimum atomic E-state index is -0.271. The molecule has 1 aromatic heterocycles. The molecule has 5 rings (SSSR count). The molecule has 1 amide bonds.